The number of rotatable bonds is 15. The van der Waals surface area contributed by atoms with Crippen molar-refractivity contribution in [1.82, 2.24) is 21.3 Å². The molecule has 0 heterocycles. The molecule has 0 saturated carbocycles. The van der Waals surface area contributed by atoms with Gasteiger partial charge in [-0.1, -0.05) is 55.8 Å². The van der Waals surface area contributed by atoms with Gasteiger partial charge in [-0.05, 0) is 59.5 Å². The van der Waals surface area contributed by atoms with Gasteiger partial charge in [0.15, 0.2) is 0 Å². The number of carbonyl (C=O) groups excluding carboxylic acids is 5. The second kappa shape index (κ2) is 17.6. The molecule has 3 aromatic carbocycles. The quantitative estimate of drug-likeness (QED) is 0.132. The van der Waals surface area contributed by atoms with E-state index in [4.69, 9.17) is 16.3 Å². The summed E-state index contributed by atoms with van der Waals surface area (Å²) in [5.74, 6) is -13.4. The van der Waals surface area contributed by atoms with Crippen LogP contribution in [0.3, 0.4) is 0 Å². The van der Waals surface area contributed by atoms with E-state index in [2.05, 4.69) is 16.0 Å². The minimum absolute atomic E-state index is 0.0580. The molecule has 0 radical (unpaired) electrons. The fourth-order valence-electron chi connectivity index (χ4n) is 4.79. The van der Waals surface area contributed by atoms with Gasteiger partial charge in [0, 0.05) is 17.0 Å². The highest BCUT2D eigenvalue weighted by atomic mass is 35.5. The lowest BCUT2D eigenvalue weighted by atomic mass is 9.94. The molecule has 17 heteroatoms. The Kier molecular flexibility index (Phi) is 13.8. The zero-order valence-corrected chi connectivity index (χ0v) is 28.6. The van der Waals surface area contributed by atoms with Crippen LogP contribution in [-0.4, -0.2) is 67.2 Å². The van der Waals surface area contributed by atoms with Crippen molar-refractivity contribution >= 4 is 41.0 Å². The molecule has 0 saturated heterocycles. The van der Waals surface area contributed by atoms with Gasteiger partial charge in [-0.3, -0.25) is 24.0 Å². The summed E-state index contributed by atoms with van der Waals surface area (Å²) in [6.07, 6.45) is -5.24. The van der Waals surface area contributed by atoms with Gasteiger partial charge >= 0.3 is 12.1 Å². The number of ketones is 1. The van der Waals surface area contributed by atoms with E-state index in [1.807, 2.05) is 6.07 Å². The summed E-state index contributed by atoms with van der Waals surface area (Å²) in [6.45, 7) is 0.351. The first-order valence-corrected chi connectivity index (χ1v) is 15.8. The molecule has 3 aromatic rings. The molecule has 3 atom stereocenters. The van der Waals surface area contributed by atoms with Crippen molar-refractivity contribution in [3.63, 3.8) is 0 Å². The van der Waals surface area contributed by atoms with Crippen LogP contribution in [0, 0.1) is 17.2 Å². The number of nitrogens with one attached hydrogen (secondary N) is 4. The molecule has 0 bridgehead atoms. The van der Waals surface area contributed by atoms with Crippen LogP contribution in [0.25, 0.3) is 0 Å². The van der Waals surface area contributed by atoms with Crippen molar-refractivity contribution < 1.29 is 50.7 Å². The topological polar surface area (TPSA) is 166 Å². The van der Waals surface area contributed by atoms with Crippen molar-refractivity contribution in [3.05, 3.63) is 100 Å². The van der Waals surface area contributed by atoms with Gasteiger partial charge in [-0.2, -0.15) is 27.2 Å². The number of Topliss-reactive ketones (excluding diaryl/α,β-unsaturated/α-hetero) is 1. The van der Waals surface area contributed by atoms with E-state index in [1.165, 1.54) is 81.6 Å². The monoisotopic (exact) mass is 749 g/mol. The Morgan fingerprint density at radius 3 is 2.10 bits per heavy atom. The zero-order valence-electron chi connectivity index (χ0n) is 27.8. The van der Waals surface area contributed by atoms with Crippen LogP contribution in [0.2, 0.25) is 5.02 Å². The van der Waals surface area contributed by atoms with Gasteiger partial charge < -0.3 is 26.0 Å². The number of nitriles is 1. The number of amides is 4. The molecular formula is C35H33ClF5N5O6. The van der Waals surface area contributed by atoms with Gasteiger partial charge in [0.1, 0.15) is 24.4 Å². The van der Waals surface area contributed by atoms with E-state index in [1.54, 1.807) is 12.1 Å². The van der Waals surface area contributed by atoms with Crippen molar-refractivity contribution in [2.45, 2.75) is 50.5 Å². The maximum atomic E-state index is 14.9. The highest BCUT2D eigenvalue weighted by molar-refractivity contribution is 6.31. The molecule has 4 amide bonds. The lowest BCUT2D eigenvalue weighted by Crippen LogP contribution is -2.58. The Bertz CT molecular complexity index is 1830. The molecule has 0 aliphatic carbocycles. The van der Waals surface area contributed by atoms with E-state index < -0.39 is 72.1 Å². The predicted octanol–water partition coefficient (Wildman–Crippen LogP) is 4.44. The number of carbonyl (C=O) groups is 5. The number of alkyl halides is 5. The van der Waals surface area contributed by atoms with E-state index in [9.17, 15) is 51.2 Å². The number of hydrogen-bond donors (Lipinski definition) is 4. The molecule has 4 N–H and O–H groups in total. The van der Waals surface area contributed by atoms with Gasteiger partial charge in [-0.25, -0.2) is 0 Å². The van der Waals surface area contributed by atoms with Crippen LogP contribution in [0.15, 0.2) is 72.8 Å². The lowest BCUT2D eigenvalue weighted by Gasteiger charge is -2.28. The van der Waals surface area contributed by atoms with Gasteiger partial charge in [0.2, 0.25) is 17.6 Å². The number of halogens is 6. The van der Waals surface area contributed by atoms with E-state index in [0.717, 1.165) is 5.32 Å². The Labute approximate surface area is 299 Å². The summed E-state index contributed by atoms with van der Waals surface area (Å²) in [4.78, 5) is 65.9. The lowest BCUT2D eigenvalue weighted by molar-refractivity contribution is -0.165. The highest BCUT2D eigenvalue weighted by Gasteiger charge is 2.52. The Morgan fingerprint density at radius 2 is 1.52 bits per heavy atom. The minimum Gasteiger partial charge on any atom is -0.497 e. The largest absolute Gasteiger partial charge is 0.497 e. The van der Waals surface area contributed by atoms with Gasteiger partial charge in [-0.15, -0.1) is 0 Å². The Balaban J connectivity index is 1.98. The summed E-state index contributed by atoms with van der Waals surface area (Å²) < 4.78 is 72.6. The van der Waals surface area contributed by atoms with Crippen molar-refractivity contribution in [3.8, 4) is 11.8 Å². The van der Waals surface area contributed by atoms with Crippen LogP contribution in [0.1, 0.15) is 46.9 Å². The Morgan fingerprint density at radius 1 is 0.865 bits per heavy atom. The van der Waals surface area contributed by atoms with Crippen LogP contribution >= 0.6 is 11.6 Å². The first-order chi connectivity index (χ1) is 24.4. The standard InChI is InChI=1S/C35H33ClF5N5O6/c1-19(2)27(29(47)35(40,41)33(51)43-18-34(37,38)39)45-32(50)28(22-10-12-25(52-3)13-11-22)46-31(49)26(15-20-6-4-7-21(14-20)17-42)44-30(48)23-8-5-9-24(36)16-23/h4-14,16,19,26-28H,15,18H2,1-3H3,(H,43,51)(H,44,48)(H,45,50)(H,46,49). The maximum absolute atomic E-state index is 14.9. The van der Waals surface area contributed by atoms with Crippen LogP contribution < -0.4 is 26.0 Å². The summed E-state index contributed by atoms with van der Waals surface area (Å²) in [7, 11) is 1.36. The molecule has 0 aliphatic rings. The molecule has 0 spiro atoms. The summed E-state index contributed by atoms with van der Waals surface area (Å²) in [5, 5.41) is 17.7. The fraction of sp³-hybridized carbons (Fsp3) is 0.314. The molecular weight excluding hydrogens is 717 g/mol. The normalized spacial score (nSPS) is 13.2. The average molecular weight is 750 g/mol. The highest BCUT2D eigenvalue weighted by Crippen LogP contribution is 2.24. The van der Waals surface area contributed by atoms with Crippen molar-refractivity contribution in [1.29, 1.82) is 5.26 Å². The summed E-state index contributed by atoms with van der Waals surface area (Å²) in [6, 6.07) is 14.2. The zero-order chi connectivity index (χ0) is 38.8. The molecule has 0 aliphatic heterocycles. The number of nitrogens with zero attached hydrogens (tertiary/aromatic N) is 1. The SMILES string of the molecule is COc1ccc(C(NC(=O)C(Cc2cccc(C#N)c2)NC(=O)c2cccc(Cl)c2)C(=O)NC(C(=O)C(F)(F)C(=O)NCC(F)(F)F)C(C)C)cc1. The third-order valence-corrected chi connectivity index (χ3v) is 7.73. The van der Waals surface area contributed by atoms with E-state index >= 15 is 0 Å². The van der Waals surface area contributed by atoms with Gasteiger partial charge in [0.25, 0.3) is 11.8 Å². The number of hydrogen-bond acceptors (Lipinski definition) is 7. The third-order valence-electron chi connectivity index (χ3n) is 7.49. The first kappa shape index (κ1) is 40.9. The number of benzene rings is 3. The molecule has 11 nitrogen and oxygen atoms in total. The molecule has 0 fully saturated rings. The number of ether oxygens (including phenoxy) is 1. The molecule has 276 valence electrons. The van der Waals surface area contributed by atoms with E-state index in [0.29, 0.717) is 11.3 Å². The molecule has 0 aromatic heterocycles. The van der Waals surface area contributed by atoms with E-state index in [-0.39, 0.29) is 28.1 Å². The number of methoxy groups -OCH3 is 1. The maximum Gasteiger partial charge on any atom is 0.405 e. The summed E-state index contributed by atoms with van der Waals surface area (Å²) in [5.41, 5.74) is 0.829. The second-order valence-electron chi connectivity index (χ2n) is 11.7. The second-order valence-corrected chi connectivity index (χ2v) is 12.2. The van der Waals surface area contributed by atoms with Crippen LogP contribution in [0.5, 0.6) is 5.75 Å². The first-order valence-electron chi connectivity index (χ1n) is 15.4. The minimum atomic E-state index is -5.05. The molecule has 3 rings (SSSR count). The van der Waals surface area contributed by atoms with Crippen molar-refractivity contribution in [2.24, 2.45) is 5.92 Å². The van der Waals surface area contributed by atoms with Crippen LogP contribution in [0.4, 0.5) is 22.0 Å². The van der Waals surface area contributed by atoms with Crippen LogP contribution in [-0.2, 0) is 25.6 Å². The van der Waals surface area contributed by atoms with Crippen molar-refractivity contribution in [2.75, 3.05) is 13.7 Å². The average Bonchev–Trinajstić information content (AvgIpc) is 3.10. The summed E-state index contributed by atoms with van der Waals surface area (Å²) >= 11 is 6.03. The molecule has 3 unspecified atom stereocenters. The van der Waals surface area contributed by atoms with Gasteiger partial charge in [0.05, 0.1) is 24.8 Å². The Hall–Kier alpha value is -5.56. The third kappa shape index (κ3) is 11.2. The predicted molar refractivity (Wildman–Crippen MR) is 177 cm³/mol. The fourth-order valence-corrected chi connectivity index (χ4v) is 4.98. The smallest absolute Gasteiger partial charge is 0.405 e. The molecule has 52 heavy (non-hydrogen) atoms.